The van der Waals surface area contributed by atoms with Gasteiger partial charge in [0.15, 0.2) is 5.76 Å². The van der Waals surface area contributed by atoms with Crippen molar-refractivity contribution in [1.29, 1.82) is 0 Å². The number of carbonyl (C=O) groups is 2. The molecule has 1 aromatic carbocycles. The van der Waals surface area contributed by atoms with E-state index in [1.54, 1.807) is 22.8 Å². The predicted octanol–water partition coefficient (Wildman–Crippen LogP) is 2.84. The molecule has 1 aliphatic heterocycles. The zero-order chi connectivity index (χ0) is 18.8. The molecule has 1 fully saturated rings. The second kappa shape index (κ2) is 7.27. The number of aryl methyl sites for hydroxylation is 1. The predicted molar refractivity (Wildman–Crippen MR) is 93.5 cm³/mol. The van der Waals surface area contributed by atoms with Crippen LogP contribution in [0.2, 0.25) is 0 Å². The number of aromatic nitrogens is 1. The van der Waals surface area contributed by atoms with Crippen LogP contribution < -0.4 is 0 Å². The Balaban J connectivity index is 1.68. The van der Waals surface area contributed by atoms with Crippen molar-refractivity contribution in [2.24, 2.45) is 0 Å². The summed E-state index contributed by atoms with van der Waals surface area (Å²) in [6.07, 6.45) is 0. The summed E-state index contributed by atoms with van der Waals surface area (Å²) in [5.41, 5.74) is 1.42. The Morgan fingerprint density at radius 1 is 1.12 bits per heavy atom. The summed E-state index contributed by atoms with van der Waals surface area (Å²) in [4.78, 5) is 28.7. The average Bonchev–Trinajstić information content (AvgIpc) is 3.02. The zero-order valence-corrected chi connectivity index (χ0v) is 15.2. The lowest BCUT2D eigenvalue weighted by Crippen LogP contribution is -2.50. The van der Waals surface area contributed by atoms with Crippen molar-refractivity contribution in [2.45, 2.75) is 26.7 Å². The molecule has 1 aliphatic rings. The van der Waals surface area contributed by atoms with Crippen molar-refractivity contribution in [3.8, 4) is 0 Å². The van der Waals surface area contributed by atoms with E-state index in [4.69, 9.17) is 4.52 Å². The average molecular weight is 359 g/mol. The maximum atomic E-state index is 13.3. The lowest BCUT2D eigenvalue weighted by Gasteiger charge is -2.34. The van der Waals surface area contributed by atoms with Crippen molar-refractivity contribution < 1.29 is 18.5 Å². The van der Waals surface area contributed by atoms with E-state index in [1.807, 2.05) is 13.8 Å². The minimum Gasteiger partial charge on any atom is -0.360 e. The van der Waals surface area contributed by atoms with Gasteiger partial charge in [0.2, 0.25) is 0 Å². The summed E-state index contributed by atoms with van der Waals surface area (Å²) in [6, 6.07) is 5.65. The summed E-state index contributed by atoms with van der Waals surface area (Å²) in [5.74, 6) is -0.128. The van der Waals surface area contributed by atoms with Gasteiger partial charge in [0, 0.05) is 37.7 Å². The minimum absolute atomic E-state index is 0.0611. The normalized spacial score (nSPS) is 14.8. The SMILES string of the molecule is Cc1noc(C(C)C)c1C(=O)N1CCN(C(=O)c2cccc(F)c2)CC1. The third kappa shape index (κ3) is 3.47. The highest BCUT2D eigenvalue weighted by atomic mass is 19.1. The Bertz CT molecular complexity index is 823. The lowest BCUT2D eigenvalue weighted by atomic mass is 10.0. The number of hydrogen-bond donors (Lipinski definition) is 0. The van der Waals surface area contributed by atoms with E-state index in [0.717, 1.165) is 0 Å². The third-order valence-electron chi connectivity index (χ3n) is 4.55. The van der Waals surface area contributed by atoms with Gasteiger partial charge in [-0.05, 0) is 25.1 Å². The molecule has 0 bridgehead atoms. The fourth-order valence-corrected chi connectivity index (χ4v) is 3.12. The van der Waals surface area contributed by atoms with Crippen molar-refractivity contribution in [2.75, 3.05) is 26.2 Å². The molecule has 0 unspecified atom stereocenters. The monoisotopic (exact) mass is 359 g/mol. The van der Waals surface area contributed by atoms with Gasteiger partial charge < -0.3 is 14.3 Å². The molecule has 2 heterocycles. The van der Waals surface area contributed by atoms with Crippen molar-refractivity contribution >= 4 is 11.8 Å². The van der Waals surface area contributed by atoms with Crippen LogP contribution in [0.1, 0.15) is 51.9 Å². The Morgan fingerprint density at radius 3 is 2.31 bits per heavy atom. The van der Waals surface area contributed by atoms with E-state index in [-0.39, 0.29) is 17.7 Å². The maximum Gasteiger partial charge on any atom is 0.259 e. The van der Waals surface area contributed by atoms with Crippen LogP contribution in [0.25, 0.3) is 0 Å². The van der Waals surface area contributed by atoms with Crippen molar-refractivity contribution in [3.05, 3.63) is 52.7 Å². The number of amides is 2. The van der Waals surface area contributed by atoms with Gasteiger partial charge in [0.05, 0.1) is 5.69 Å². The van der Waals surface area contributed by atoms with Gasteiger partial charge in [-0.25, -0.2) is 4.39 Å². The Morgan fingerprint density at radius 2 is 1.73 bits per heavy atom. The van der Waals surface area contributed by atoms with Crippen LogP contribution in [-0.4, -0.2) is 52.9 Å². The number of halogens is 1. The van der Waals surface area contributed by atoms with Crippen LogP contribution in [0.4, 0.5) is 4.39 Å². The number of nitrogens with zero attached hydrogens (tertiary/aromatic N) is 3. The first-order valence-electron chi connectivity index (χ1n) is 8.68. The van der Waals surface area contributed by atoms with Gasteiger partial charge in [-0.15, -0.1) is 0 Å². The van der Waals surface area contributed by atoms with Gasteiger partial charge >= 0.3 is 0 Å². The van der Waals surface area contributed by atoms with E-state index in [2.05, 4.69) is 5.16 Å². The lowest BCUT2D eigenvalue weighted by molar-refractivity contribution is 0.0533. The first kappa shape index (κ1) is 18.1. The topological polar surface area (TPSA) is 66.7 Å². The number of hydrogen-bond acceptors (Lipinski definition) is 4. The van der Waals surface area contributed by atoms with E-state index in [1.165, 1.54) is 18.2 Å². The number of piperazine rings is 1. The van der Waals surface area contributed by atoms with Crippen LogP contribution in [0, 0.1) is 12.7 Å². The summed E-state index contributed by atoms with van der Waals surface area (Å²) in [6.45, 7) is 7.31. The molecule has 1 aromatic heterocycles. The summed E-state index contributed by atoms with van der Waals surface area (Å²) >= 11 is 0. The van der Waals surface area contributed by atoms with Gasteiger partial charge in [-0.3, -0.25) is 9.59 Å². The van der Waals surface area contributed by atoms with Crippen LogP contribution in [-0.2, 0) is 0 Å². The molecule has 1 saturated heterocycles. The molecule has 0 aliphatic carbocycles. The second-order valence-electron chi connectivity index (χ2n) is 6.76. The van der Waals surface area contributed by atoms with E-state index in [0.29, 0.717) is 48.8 Å². The fraction of sp³-hybridized carbons (Fsp3) is 0.421. The molecule has 3 rings (SSSR count). The maximum absolute atomic E-state index is 13.3. The molecular weight excluding hydrogens is 337 g/mol. The van der Waals surface area contributed by atoms with E-state index < -0.39 is 5.82 Å². The van der Waals surface area contributed by atoms with Crippen LogP contribution in [0.3, 0.4) is 0 Å². The molecule has 26 heavy (non-hydrogen) atoms. The molecule has 138 valence electrons. The molecule has 7 heteroatoms. The molecule has 2 aromatic rings. The van der Waals surface area contributed by atoms with E-state index >= 15 is 0 Å². The standard InChI is InChI=1S/C19H22FN3O3/c1-12(2)17-16(13(3)21-26-17)19(25)23-9-7-22(8-10-23)18(24)14-5-4-6-15(20)11-14/h4-6,11-12H,7-10H2,1-3H3. The van der Waals surface area contributed by atoms with Gasteiger partial charge in [-0.2, -0.15) is 0 Å². The largest absolute Gasteiger partial charge is 0.360 e. The molecular formula is C19H22FN3O3. The fourth-order valence-electron chi connectivity index (χ4n) is 3.12. The highest BCUT2D eigenvalue weighted by molar-refractivity contribution is 5.97. The molecule has 0 N–H and O–H groups in total. The Labute approximate surface area is 151 Å². The highest BCUT2D eigenvalue weighted by Gasteiger charge is 2.30. The summed E-state index contributed by atoms with van der Waals surface area (Å²) < 4.78 is 18.6. The second-order valence-corrected chi connectivity index (χ2v) is 6.76. The smallest absolute Gasteiger partial charge is 0.259 e. The molecule has 0 spiro atoms. The first-order chi connectivity index (χ1) is 12.4. The Kier molecular flexibility index (Phi) is 5.06. The molecule has 6 nitrogen and oxygen atoms in total. The molecule has 0 radical (unpaired) electrons. The van der Waals surface area contributed by atoms with E-state index in [9.17, 15) is 14.0 Å². The summed E-state index contributed by atoms with van der Waals surface area (Å²) in [7, 11) is 0. The summed E-state index contributed by atoms with van der Waals surface area (Å²) in [5, 5.41) is 3.92. The molecule has 0 saturated carbocycles. The number of carbonyl (C=O) groups excluding carboxylic acids is 2. The molecule has 0 atom stereocenters. The Hall–Kier alpha value is -2.70. The molecule has 2 amide bonds. The van der Waals surface area contributed by atoms with Crippen LogP contribution >= 0.6 is 0 Å². The highest BCUT2D eigenvalue weighted by Crippen LogP contribution is 2.24. The van der Waals surface area contributed by atoms with Crippen LogP contribution in [0.5, 0.6) is 0 Å². The third-order valence-corrected chi connectivity index (χ3v) is 4.55. The number of rotatable bonds is 3. The zero-order valence-electron chi connectivity index (χ0n) is 15.2. The van der Waals surface area contributed by atoms with Crippen molar-refractivity contribution in [3.63, 3.8) is 0 Å². The van der Waals surface area contributed by atoms with Gasteiger partial charge in [-0.1, -0.05) is 25.1 Å². The minimum atomic E-state index is -0.436. The van der Waals surface area contributed by atoms with Crippen molar-refractivity contribution in [1.82, 2.24) is 15.0 Å². The number of benzene rings is 1. The van der Waals surface area contributed by atoms with Gasteiger partial charge in [0.1, 0.15) is 11.4 Å². The van der Waals surface area contributed by atoms with Gasteiger partial charge in [0.25, 0.3) is 11.8 Å². The van der Waals surface area contributed by atoms with Crippen LogP contribution in [0.15, 0.2) is 28.8 Å². The quantitative estimate of drug-likeness (QED) is 0.845. The first-order valence-corrected chi connectivity index (χ1v) is 8.68.